The molecule has 168 valence electrons. The van der Waals surface area contributed by atoms with Crippen LogP contribution in [-0.2, 0) is 0 Å². The smallest absolute Gasteiger partial charge is 0.343 e. The zero-order chi connectivity index (χ0) is 23.4. The molecule has 0 spiro atoms. The van der Waals surface area contributed by atoms with E-state index < -0.39 is 5.97 Å². The third-order valence-corrected chi connectivity index (χ3v) is 5.37. The molecule has 6 heteroatoms. The summed E-state index contributed by atoms with van der Waals surface area (Å²) in [5.74, 6) is 2.25. The van der Waals surface area contributed by atoms with Gasteiger partial charge in [0.2, 0.25) is 0 Å². The second-order valence-corrected chi connectivity index (χ2v) is 7.20. The van der Waals surface area contributed by atoms with E-state index in [2.05, 4.69) is 0 Å². The van der Waals surface area contributed by atoms with Gasteiger partial charge in [-0.25, -0.2) is 4.79 Å². The minimum atomic E-state index is -0.459. The Morgan fingerprint density at radius 3 is 1.94 bits per heavy atom. The summed E-state index contributed by atoms with van der Waals surface area (Å²) in [5, 5.41) is 1.55. The number of carbonyl (C=O) groups is 1. The maximum absolute atomic E-state index is 13.0. The number of methoxy groups -OCH3 is 4. The summed E-state index contributed by atoms with van der Waals surface area (Å²) in [6.45, 7) is 0. The van der Waals surface area contributed by atoms with Crippen LogP contribution in [0.1, 0.15) is 10.4 Å². The van der Waals surface area contributed by atoms with Gasteiger partial charge >= 0.3 is 5.97 Å². The first kappa shape index (κ1) is 22.0. The van der Waals surface area contributed by atoms with Crippen molar-refractivity contribution in [3.05, 3.63) is 78.4 Å². The number of fused-ring (bicyclic) bond motifs is 1. The van der Waals surface area contributed by atoms with Crippen LogP contribution in [0.15, 0.2) is 72.8 Å². The first-order valence-corrected chi connectivity index (χ1v) is 10.3. The molecule has 0 bridgehead atoms. The second kappa shape index (κ2) is 9.53. The van der Waals surface area contributed by atoms with Crippen LogP contribution in [-0.4, -0.2) is 34.4 Å². The van der Waals surface area contributed by atoms with Crippen molar-refractivity contribution in [3.8, 4) is 39.9 Å². The fourth-order valence-electron chi connectivity index (χ4n) is 3.69. The minimum Gasteiger partial charge on any atom is -0.493 e. The highest BCUT2D eigenvalue weighted by molar-refractivity contribution is 6.01. The van der Waals surface area contributed by atoms with Crippen molar-refractivity contribution in [1.82, 2.24) is 0 Å². The summed E-state index contributed by atoms with van der Waals surface area (Å²) in [5.41, 5.74) is 1.98. The standard InChI is InChI=1S/C27H24O6/c1-29-22-13-11-18(14-23(22)30-2)20-12-10-19-15-24(31-3)25(32-4)16-21(19)26(20)33-27(28)17-8-6-5-7-9-17/h5-16H,1-4H3. The van der Waals surface area contributed by atoms with Gasteiger partial charge in [0, 0.05) is 10.9 Å². The lowest BCUT2D eigenvalue weighted by molar-refractivity contribution is 0.0738. The van der Waals surface area contributed by atoms with E-state index in [1.54, 1.807) is 52.7 Å². The molecule has 6 nitrogen and oxygen atoms in total. The fourth-order valence-corrected chi connectivity index (χ4v) is 3.69. The van der Waals surface area contributed by atoms with Crippen LogP contribution >= 0.6 is 0 Å². The summed E-state index contributed by atoms with van der Waals surface area (Å²) in [6, 6.07) is 21.9. The summed E-state index contributed by atoms with van der Waals surface area (Å²) < 4.78 is 27.8. The quantitative estimate of drug-likeness (QED) is 0.267. The molecular formula is C27H24O6. The van der Waals surface area contributed by atoms with E-state index in [1.807, 2.05) is 48.5 Å². The van der Waals surface area contributed by atoms with Crippen molar-refractivity contribution in [1.29, 1.82) is 0 Å². The zero-order valence-electron chi connectivity index (χ0n) is 18.9. The summed E-state index contributed by atoms with van der Waals surface area (Å²) >= 11 is 0. The molecule has 0 N–H and O–H groups in total. The molecule has 33 heavy (non-hydrogen) atoms. The van der Waals surface area contributed by atoms with Gasteiger partial charge in [-0.2, -0.15) is 0 Å². The van der Waals surface area contributed by atoms with Gasteiger partial charge in [0.05, 0.1) is 34.0 Å². The van der Waals surface area contributed by atoms with Crippen LogP contribution in [0.2, 0.25) is 0 Å². The molecule has 4 rings (SSSR count). The molecule has 4 aromatic carbocycles. The largest absolute Gasteiger partial charge is 0.493 e. The third-order valence-electron chi connectivity index (χ3n) is 5.37. The van der Waals surface area contributed by atoms with Crippen molar-refractivity contribution in [2.24, 2.45) is 0 Å². The van der Waals surface area contributed by atoms with Gasteiger partial charge < -0.3 is 23.7 Å². The maximum Gasteiger partial charge on any atom is 0.343 e. The van der Waals surface area contributed by atoms with E-state index in [1.165, 1.54) is 0 Å². The van der Waals surface area contributed by atoms with Gasteiger partial charge in [-0.3, -0.25) is 0 Å². The minimum absolute atomic E-state index is 0.412. The lowest BCUT2D eigenvalue weighted by Gasteiger charge is -2.17. The number of ether oxygens (including phenoxy) is 5. The maximum atomic E-state index is 13.0. The Morgan fingerprint density at radius 2 is 1.27 bits per heavy atom. The highest BCUT2D eigenvalue weighted by Crippen LogP contribution is 2.43. The number of carbonyl (C=O) groups excluding carboxylic acids is 1. The molecule has 0 aromatic heterocycles. The molecule has 4 aromatic rings. The first-order chi connectivity index (χ1) is 16.1. The van der Waals surface area contributed by atoms with Gasteiger partial charge in [0.15, 0.2) is 23.0 Å². The molecule has 0 amide bonds. The van der Waals surface area contributed by atoms with Crippen molar-refractivity contribution in [2.75, 3.05) is 28.4 Å². The molecule has 0 saturated carbocycles. The Hall–Kier alpha value is -4.19. The van der Waals surface area contributed by atoms with Crippen molar-refractivity contribution < 1.29 is 28.5 Å². The van der Waals surface area contributed by atoms with Crippen LogP contribution in [0.4, 0.5) is 0 Å². The highest BCUT2D eigenvalue weighted by Gasteiger charge is 2.19. The molecule has 0 saturated heterocycles. The SMILES string of the molecule is COc1ccc(-c2ccc3cc(OC)c(OC)cc3c2OC(=O)c2ccccc2)cc1OC. The van der Waals surface area contributed by atoms with Crippen molar-refractivity contribution in [3.63, 3.8) is 0 Å². The first-order valence-electron chi connectivity index (χ1n) is 10.3. The number of hydrogen-bond donors (Lipinski definition) is 0. The van der Waals surface area contributed by atoms with Crippen LogP contribution < -0.4 is 23.7 Å². The Morgan fingerprint density at radius 1 is 0.636 bits per heavy atom. The van der Waals surface area contributed by atoms with E-state index in [0.29, 0.717) is 39.7 Å². The van der Waals surface area contributed by atoms with E-state index in [4.69, 9.17) is 23.7 Å². The van der Waals surface area contributed by atoms with Gasteiger partial charge in [-0.05, 0) is 53.4 Å². The number of hydrogen-bond acceptors (Lipinski definition) is 6. The summed E-state index contributed by atoms with van der Waals surface area (Å²) in [7, 11) is 6.31. The third kappa shape index (κ3) is 4.28. The topological polar surface area (TPSA) is 63.2 Å². The zero-order valence-corrected chi connectivity index (χ0v) is 18.9. The predicted octanol–water partition coefficient (Wildman–Crippen LogP) is 5.76. The molecule has 0 unspecified atom stereocenters. The number of esters is 1. The summed E-state index contributed by atoms with van der Waals surface area (Å²) in [4.78, 5) is 13.0. The number of rotatable bonds is 7. The predicted molar refractivity (Wildman–Crippen MR) is 127 cm³/mol. The Kier molecular flexibility index (Phi) is 6.36. The summed E-state index contributed by atoms with van der Waals surface area (Å²) in [6.07, 6.45) is 0. The van der Waals surface area contributed by atoms with Crippen LogP contribution in [0.3, 0.4) is 0 Å². The average Bonchev–Trinajstić information content (AvgIpc) is 2.88. The van der Waals surface area contributed by atoms with Crippen LogP contribution in [0.5, 0.6) is 28.7 Å². The van der Waals surface area contributed by atoms with E-state index in [0.717, 1.165) is 16.5 Å². The molecule has 0 fully saturated rings. The Balaban J connectivity index is 1.94. The molecule has 0 aliphatic rings. The number of benzene rings is 4. The molecule has 0 heterocycles. The average molecular weight is 444 g/mol. The van der Waals surface area contributed by atoms with Crippen molar-refractivity contribution in [2.45, 2.75) is 0 Å². The normalized spacial score (nSPS) is 10.5. The van der Waals surface area contributed by atoms with E-state index in [9.17, 15) is 4.79 Å². The van der Waals surface area contributed by atoms with Crippen molar-refractivity contribution >= 4 is 16.7 Å². The lowest BCUT2D eigenvalue weighted by Crippen LogP contribution is -2.09. The van der Waals surface area contributed by atoms with Gasteiger partial charge in [0.1, 0.15) is 5.75 Å². The van der Waals surface area contributed by atoms with Crippen LogP contribution in [0.25, 0.3) is 21.9 Å². The molecular weight excluding hydrogens is 420 g/mol. The van der Waals surface area contributed by atoms with E-state index >= 15 is 0 Å². The van der Waals surface area contributed by atoms with Gasteiger partial charge in [-0.15, -0.1) is 0 Å². The Bertz CT molecular complexity index is 1300. The monoisotopic (exact) mass is 444 g/mol. The van der Waals surface area contributed by atoms with Crippen LogP contribution in [0, 0.1) is 0 Å². The molecule has 0 aliphatic carbocycles. The Labute approximate surface area is 192 Å². The highest BCUT2D eigenvalue weighted by atomic mass is 16.5. The van der Waals surface area contributed by atoms with Gasteiger partial charge in [0.25, 0.3) is 0 Å². The molecule has 0 aliphatic heterocycles. The molecule has 0 atom stereocenters. The molecule has 0 radical (unpaired) electrons. The fraction of sp³-hybridized carbons (Fsp3) is 0.148. The lowest BCUT2D eigenvalue weighted by atomic mass is 9.98. The van der Waals surface area contributed by atoms with Gasteiger partial charge in [-0.1, -0.05) is 30.3 Å². The second-order valence-electron chi connectivity index (χ2n) is 7.20. The van der Waals surface area contributed by atoms with E-state index in [-0.39, 0.29) is 0 Å².